The minimum absolute atomic E-state index is 0.335. The molecule has 0 aromatic heterocycles. The Morgan fingerprint density at radius 3 is 2.52 bits per heavy atom. The molecule has 1 fully saturated rings. The standard InChI is InChI=1S/C16H26N2O2S/c1-13(2)15-5-4-6-16(11-15)21(19,20)18-9-7-14(8-10-18)12-17-3/h4-6,11,13-14,17H,7-10,12H2,1-3H3. The number of nitrogens with one attached hydrogen (secondary N) is 1. The summed E-state index contributed by atoms with van der Waals surface area (Å²) in [5.41, 5.74) is 1.07. The van der Waals surface area contributed by atoms with E-state index < -0.39 is 10.0 Å². The Balaban J connectivity index is 2.14. The monoisotopic (exact) mass is 310 g/mol. The number of hydrogen-bond donors (Lipinski definition) is 1. The van der Waals surface area contributed by atoms with E-state index in [1.54, 1.807) is 10.4 Å². The molecule has 0 aliphatic carbocycles. The number of sulfonamides is 1. The van der Waals surface area contributed by atoms with E-state index in [1.807, 2.05) is 25.2 Å². The summed E-state index contributed by atoms with van der Waals surface area (Å²) >= 11 is 0. The van der Waals surface area contributed by atoms with Crippen LogP contribution < -0.4 is 5.32 Å². The van der Waals surface area contributed by atoms with Gasteiger partial charge in [-0.15, -0.1) is 0 Å². The van der Waals surface area contributed by atoms with Crippen LogP contribution >= 0.6 is 0 Å². The Labute approximate surface area is 128 Å². The van der Waals surface area contributed by atoms with Gasteiger partial charge in [-0.2, -0.15) is 4.31 Å². The van der Waals surface area contributed by atoms with Crippen molar-refractivity contribution in [3.63, 3.8) is 0 Å². The zero-order valence-corrected chi connectivity index (χ0v) is 14.0. The average molecular weight is 310 g/mol. The summed E-state index contributed by atoms with van der Waals surface area (Å²) < 4.78 is 27.1. The Hall–Kier alpha value is -0.910. The summed E-state index contributed by atoms with van der Waals surface area (Å²) in [5.74, 6) is 0.921. The van der Waals surface area contributed by atoms with Crippen LogP contribution in [0.15, 0.2) is 29.2 Å². The minimum Gasteiger partial charge on any atom is -0.319 e. The van der Waals surface area contributed by atoms with E-state index >= 15 is 0 Å². The molecule has 1 heterocycles. The van der Waals surface area contributed by atoms with Crippen molar-refractivity contribution in [2.45, 2.75) is 37.5 Å². The van der Waals surface area contributed by atoms with Gasteiger partial charge in [0.2, 0.25) is 10.0 Å². The molecule has 21 heavy (non-hydrogen) atoms. The normalized spacial score (nSPS) is 18.3. The maximum absolute atomic E-state index is 12.7. The van der Waals surface area contributed by atoms with Crippen molar-refractivity contribution in [3.8, 4) is 0 Å². The van der Waals surface area contributed by atoms with Gasteiger partial charge in [0, 0.05) is 13.1 Å². The number of benzene rings is 1. The molecular weight excluding hydrogens is 284 g/mol. The molecule has 5 heteroatoms. The predicted octanol–water partition coefficient (Wildman–Crippen LogP) is 2.43. The summed E-state index contributed by atoms with van der Waals surface area (Å²) in [6.07, 6.45) is 1.87. The zero-order chi connectivity index (χ0) is 15.5. The third-order valence-electron chi connectivity index (χ3n) is 4.23. The van der Waals surface area contributed by atoms with Crippen molar-refractivity contribution < 1.29 is 8.42 Å². The van der Waals surface area contributed by atoms with Gasteiger partial charge < -0.3 is 5.32 Å². The fourth-order valence-electron chi connectivity index (χ4n) is 2.83. The van der Waals surface area contributed by atoms with E-state index in [0.29, 0.717) is 29.8 Å². The molecule has 0 atom stereocenters. The highest BCUT2D eigenvalue weighted by Crippen LogP contribution is 2.25. The van der Waals surface area contributed by atoms with Crippen molar-refractivity contribution >= 4 is 10.0 Å². The van der Waals surface area contributed by atoms with Crippen molar-refractivity contribution in [1.82, 2.24) is 9.62 Å². The molecule has 0 saturated carbocycles. The summed E-state index contributed by atoms with van der Waals surface area (Å²) in [6.45, 7) is 6.38. The molecule has 0 unspecified atom stereocenters. The van der Waals surface area contributed by atoms with E-state index in [1.165, 1.54) is 0 Å². The third-order valence-corrected chi connectivity index (χ3v) is 6.12. The Morgan fingerprint density at radius 1 is 1.29 bits per heavy atom. The van der Waals surface area contributed by atoms with E-state index in [4.69, 9.17) is 0 Å². The second-order valence-corrected chi connectivity index (χ2v) is 8.07. The molecule has 1 saturated heterocycles. The fraction of sp³-hybridized carbons (Fsp3) is 0.625. The van der Waals surface area contributed by atoms with Crippen molar-refractivity contribution in [1.29, 1.82) is 0 Å². The highest BCUT2D eigenvalue weighted by atomic mass is 32.2. The SMILES string of the molecule is CNCC1CCN(S(=O)(=O)c2cccc(C(C)C)c2)CC1. The first kappa shape index (κ1) is 16.5. The van der Waals surface area contributed by atoms with E-state index in [2.05, 4.69) is 19.2 Å². The maximum Gasteiger partial charge on any atom is 0.243 e. The molecule has 0 amide bonds. The first-order valence-electron chi connectivity index (χ1n) is 7.70. The lowest BCUT2D eigenvalue weighted by molar-refractivity contribution is 0.270. The molecule has 118 valence electrons. The van der Waals surface area contributed by atoms with Crippen molar-refractivity contribution in [2.24, 2.45) is 5.92 Å². The van der Waals surface area contributed by atoms with Crippen LogP contribution in [0.1, 0.15) is 38.2 Å². The second-order valence-electron chi connectivity index (χ2n) is 6.13. The fourth-order valence-corrected chi connectivity index (χ4v) is 4.35. The van der Waals surface area contributed by atoms with Crippen LogP contribution in [-0.2, 0) is 10.0 Å². The quantitative estimate of drug-likeness (QED) is 0.909. The van der Waals surface area contributed by atoms with Crippen molar-refractivity contribution in [2.75, 3.05) is 26.7 Å². The van der Waals surface area contributed by atoms with Crippen LogP contribution in [-0.4, -0.2) is 39.4 Å². The number of rotatable bonds is 5. The Kier molecular flexibility index (Phi) is 5.41. The third kappa shape index (κ3) is 3.84. The van der Waals surface area contributed by atoms with Gasteiger partial charge >= 0.3 is 0 Å². The summed E-state index contributed by atoms with van der Waals surface area (Å²) in [6, 6.07) is 7.36. The van der Waals surface area contributed by atoms with Crippen LogP contribution in [0.5, 0.6) is 0 Å². The van der Waals surface area contributed by atoms with Crippen LogP contribution in [0, 0.1) is 5.92 Å². The molecule has 1 aliphatic rings. The highest BCUT2D eigenvalue weighted by molar-refractivity contribution is 7.89. The molecule has 4 nitrogen and oxygen atoms in total. The van der Waals surface area contributed by atoms with Crippen LogP contribution in [0.4, 0.5) is 0 Å². The maximum atomic E-state index is 12.7. The first-order valence-corrected chi connectivity index (χ1v) is 9.14. The molecular formula is C16H26N2O2S. The van der Waals surface area contributed by atoms with Gasteiger partial charge in [-0.1, -0.05) is 26.0 Å². The molecule has 1 aromatic rings. The predicted molar refractivity (Wildman–Crippen MR) is 85.9 cm³/mol. The second kappa shape index (κ2) is 6.90. The summed E-state index contributed by atoms with van der Waals surface area (Å²) in [5, 5.41) is 3.17. The molecule has 0 radical (unpaired) electrons. The summed E-state index contributed by atoms with van der Waals surface area (Å²) in [7, 11) is -1.40. The summed E-state index contributed by atoms with van der Waals surface area (Å²) in [4.78, 5) is 0.431. The number of hydrogen-bond acceptors (Lipinski definition) is 3. The molecule has 0 bridgehead atoms. The van der Waals surface area contributed by atoms with Gasteiger partial charge in [0.15, 0.2) is 0 Å². The average Bonchev–Trinajstić information content (AvgIpc) is 2.48. The molecule has 1 aromatic carbocycles. The van der Waals surface area contributed by atoms with Crippen LogP contribution in [0.25, 0.3) is 0 Å². The Bertz CT molecular complexity index is 561. The molecule has 2 rings (SSSR count). The molecule has 1 N–H and O–H groups in total. The van der Waals surface area contributed by atoms with Crippen LogP contribution in [0.2, 0.25) is 0 Å². The van der Waals surface area contributed by atoms with Gasteiger partial charge in [-0.3, -0.25) is 0 Å². The largest absolute Gasteiger partial charge is 0.319 e. The molecule has 0 spiro atoms. The van der Waals surface area contributed by atoms with Gasteiger partial charge in [-0.25, -0.2) is 8.42 Å². The smallest absolute Gasteiger partial charge is 0.243 e. The van der Waals surface area contributed by atoms with Crippen LogP contribution in [0.3, 0.4) is 0 Å². The van der Waals surface area contributed by atoms with Gasteiger partial charge in [0.1, 0.15) is 0 Å². The topological polar surface area (TPSA) is 49.4 Å². The number of piperidine rings is 1. The lowest BCUT2D eigenvalue weighted by atomic mass is 9.98. The van der Waals surface area contributed by atoms with Crippen molar-refractivity contribution in [3.05, 3.63) is 29.8 Å². The zero-order valence-electron chi connectivity index (χ0n) is 13.2. The van der Waals surface area contributed by atoms with E-state index in [-0.39, 0.29) is 0 Å². The lowest BCUT2D eigenvalue weighted by Gasteiger charge is -2.31. The van der Waals surface area contributed by atoms with E-state index in [9.17, 15) is 8.42 Å². The number of nitrogens with zero attached hydrogens (tertiary/aromatic N) is 1. The van der Waals surface area contributed by atoms with E-state index in [0.717, 1.165) is 24.9 Å². The highest BCUT2D eigenvalue weighted by Gasteiger charge is 2.29. The first-order chi connectivity index (χ1) is 9.95. The molecule has 1 aliphatic heterocycles. The Morgan fingerprint density at radius 2 is 1.95 bits per heavy atom. The van der Waals surface area contributed by atoms with Gasteiger partial charge in [0.05, 0.1) is 4.90 Å². The van der Waals surface area contributed by atoms with Gasteiger partial charge in [-0.05, 0) is 56.0 Å². The van der Waals surface area contributed by atoms with Gasteiger partial charge in [0.25, 0.3) is 0 Å². The minimum atomic E-state index is -3.34. The lowest BCUT2D eigenvalue weighted by Crippen LogP contribution is -2.40.